The largest absolute Gasteiger partial charge is 0.374 e. The molecule has 0 amide bonds. The summed E-state index contributed by atoms with van der Waals surface area (Å²) in [5.41, 5.74) is 3.28. The number of halogens is 2. The molecule has 0 saturated carbocycles. The van der Waals surface area contributed by atoms with Crippen molar-refractivity contribution in [3.8, 4) is 0 Å². The highest BCUT2D eigenvalue weighted by molar-refractivity contribution is 6.35. The first-order valence-corrected chi connectivity index (χ1v) is 13.4. The van der Waals surface area contributed by atoms with E-state index in [4.69, 9.17) is 37.9 Å². The summed E-state index contributed by atoms with van der Waals surface area (Å²) in [7, 11) is 0. The van der Waals surface area contributed by atoms with Crippen LogP contribution in [0.1, 0.15) is 23.7 Å². The van der Waals surface area contributed by atoms with Crippen LogP contribution in [0.3, 0.4) is 0 Å². The predicted molar refractivity (Wildman–Crippen MR) is 142 cm³/mol. The van der Waals surface area contributed by atoms with Gasteiger partial charge in [-0.2, -0.15) is 4.98 Å². The Balaban J connectivity index is 1.24. The monoisotopic (exact) mass is 519 g/mol. The number of hydrogen-bond donors (Lipinski definition) is 2. The maximum atomic E-state index is 6.40. The number of anilines is 2. The van der Waals surface area contributed by atoms with Gasteiger partial charge in [-0.3, -0.25) is 9.80 Å². The minimum absolute atomic E-state index is 0.304. The van der Waals surface area contributed by atoms with Crippen LogP contribution in [-0.4, -0.2) is 91.4 Å². The number of aromatic nitrogens is 2. The molecule has 10 heteroatoms. The van der Waals surface area contributed by atoms with E-state index in [1.807, 2.05) is 12.1 Å². The zero-order chi connectivity index (χ0) is 24.2. The lowest BCUT2D eigenvalue weighted by molar-refractivity contribution is -0.0423. The minimum atomic E-state index is 0.304. The van der Waals surface area contributed by atoms with Crippen molar-refractivity contribution >= 4 is 35.0 Å². The second kappa shape index (κ2) is 11.6. The minimum Gasteiger partial charge on any atom is -0.374 e. The van der Waals surface area contributed by atoms with Crippen LogP contribution in [0.4, 0.5) is 11.8 Å². The van der Waals surface area contributed by atoms with E-state index in [9.17, 15) is 0 Å². The van der Waals surface area contributed by atoms with Gasteiger partial charge in [0.05, 0.1) is 18.4 Å². The predicted octanol–water partition coefficient (Wildman–Crippen LogP) is 2.88. The van der Waals surface area contributed by atoms with Gasteiger partial charge in [-0.15, -0.1) is 0 Å². The molecule has 3 aliphatic rings. The molecule has 2 N–H and O–H groups in total. The van der Waals surface area contributed by atoms with E-state index in [-0.39, 0.29) is 0 Å². The molecule has 5 rings (SSSR count). The second-order valence-electron chi connectivity index (χ2n) is 9.49. The van der Waals surface area contributed by atoms with Crippen molar-refractivity contribution in [3.05, 3.63) is 45.1 Å². The van der Waals surface area contributed by atoms with Crippen molar-refractivity contribution in [3.63, 3.8) is 0 Å². The fourth-order valence-corrected chi connectivity index (χ4v) is 5.53. The third kappa shape index (κ3) is 6.18. The number of likely N-dealkylation sites (N-methyl/N-ethyl adjacent to an activating group) is 1. The lowest BCUT2D eigenvalue weighted by Gasteiger charge is -2.39. The molecule has 0 unspecified atom stereocenters. The number of piperazine rings is 1. The van der Waals surface area contributed by atoms with Crippen molar-refractivity contribution in [2.45, 2.75) is 32.5 Å². The number of morpholine rings is 1. The van der Waals surface area contributed by atoms with Gasteiger partial charge in [-0.25, -0.2) is 4.98 Å². The molecular formula is C25H35Cl2N7O. The fraction of sp³-hybridized carbons (Fsp3) is 0.600. The molecule has 2 saturated heterocycles. The number of fused-ring (bicyclic) bond motifs is 1. The summed E-state index contributed by atoms with van der Waals surface area (Å²) in [6, 6.07) is 5.60. The third-order valence-electron chi connectivity index (χ3n) is 7.17. The van der Waals surface area contributed by atoms with Gasteiger partial charge in [-0.1, -0.05) is 36.2 Å². The van der Waals surface area contributed by atoms with Crippen LogP contribution < -0.4 is 15.5 Å². The van der Waals surface area contributed by atoms with Crippen molar-refractivity contribution in [1.29, 1.82) is 0 Å². The molecule has 1 aromatic carbocycles. The fourth-order valence-electron chi connectivity index (χ4n) is 5.06. The molecule has 190 valence electrons. The van der Waals surface area contributed by atoms with E-state index in [2.05, 4.69) is 32.3 Å². The van der Waals surface area contributed by atoms with Gasteiger partial charge in [0, 0.05) is 87.5 Å². The van der Waals surface area contributed by atoms with Gasteiger partial charge < -0.3 is 20.3 Å². The van der Waals surface area contributed by atoms with E-state index in [0.717, 1.165) is 107 Å². The van der Waals surface area contributed by atoms with Crippen molar-refractivity contribution in [2.75, 3.05) is 75.7 Å². The molecule has 0 bridgehead atoms. The van der Waals surface area contributed by atoms with Crippen LogP contribution in [0.15, 0.2) is 18.2 Å². The van der Waals surface area contributed by atoms with Crippen LogP contribution in [0, 0.1) is 0 Å². The molecular weight excluding hydrogens is 485 g/mol. The Labute approximate surface area is 217 Å². The first-order valence-electron chi connectivity index (χ1n) is 12.7. The van der Waals surface area contributed by atoms with E-state index < -0.39 is 0 Å². The Morgan fingerprint density at radius 1 is 1.11 bits per heavy atom. The molecule has 35 heavy (non-hydrogen) atoms. The molecule has 0 radical (unpaired) electrons. The average molecular weight is 521 g/mol. The first kappa shape index (κ1) is 25.0. The van der Waals surface area contributed by atoms with E-state index in [1.54, 1.807) is 6.07 Å². The Morgan fingerprint density at radius 3 is 2.77 bits per heavy atom. The standard InChI is InChI=1S/C25H35Cl2N7O/c1-2-32-11-12-35-20(16-32)17-33-7-9-34(10-8-33)25-30-23-5-6-28-15-21(23)24(31-25)29-14-18-3-4-19(26)13-22(18)27/h3-4,13,20,28H,2,5-12,14-17H2,1H3,(H,29,30,31)/t20-/m0/s1. The highest BCUT2D eigenvalue weighted by Gasteiger charge is 2.26. The SMILES string of the molecule is CCN1CCO[C@H](CN2CCN(c3nc4c(c(NCc5ccc(Cl)cc5Cl)n3)CNCC4)CC2)C1. The quantitative estimate of drug-likeness (QED) is 0.578. The molecule has 4 heterocycles. The van der Waals surface area contributed by atoms with Crippen LogP contribution >= 0.6 is 23.2 Å². The lowest BCUT2D eigenvalue weighted by Crippen LogP contribution is -2.52. The average Bonchev–Trinajstić information content (AvgIpc) is 2.88. The molecule has 1 aromatic heterocycles. The zero-order valence-corrected chi connectivity index (χ0v) is 21.9. The summed E-state index contributed by atoms with van der Waals surface area (Å²) < 4.78 is 6.03. The van der Waals surface area contributed by atoms with E-state index in [1.165, 1.54) is 0 Å². The summed E-state index contributed by atoms with van der Waals surface area (Å²) in [6.07, 6.45) is 1.21. The van der Waals surface area contributed by atoms with Gasteiger partial charge in [0.1, 0.15) is 5.82 Å². The second-order valence-corrected chi connectivity index (χ2v) is 10.3. The molecule has 8 nitrogen and oxygen atoms in total. The summed E-state index contributed by atoms with van der Waals surface area (Å²) in [6.45, 7) is 13.4. The van der Waals surface area contributed by atoms with Crippen LogP contribution in [-0.2, 0) is 24.2 Å². The molecule has 0 aliphatic carbocycles. The van der Waals surface area contributed by atoms with Crippen LogP contribution in [0.5, 0.6) is 0 Å². The Bertz CT molecular complexity index is 1020. The van der Waals surface area contributed by atoms with Gasteiger partial charge in [-0.05, 0) is 24.2 Å². The Hall–Kier alpha value is -1.68. The number of hydrogen-bond acceptors (Lipinski definition) is 8. The van der Waals surface area contributed by atoms with Crippen LogP contribution in [0.2, 0.25) is 10.0 Å². The lowest BCUT2D eigenvalue weighted by atomic mass is 10.1. The molecule has 3 aliphatic heterocycles. The van der Waals surface area contributed by atoms with Gasteiger partial charge in [0.25, 0.3) is 0 Å². The molecule has 2 aromatic rings. The summed E-state index contributed by atoms with van der Waals surface area (Å²) in [4.78, 5) is 17.3. The number of nitrogens with zero attached hydrogens (tertiary/aromatic N) is 5. The van der Waals surface area contributed by atoms with Crippen LogP contribution in [0.25, 0.3) is 0 Å². The topological polar surface area (TPSA) is 68.8 Å². The van der Waals surface area contributed by atoms with Crippen molar-refractivity contribution in [1.82, 2.24) is 25.1 Å². The van der Waals surface area contributed by atoms with Gasteiger partial charge >= 0.3 is 0 Å². The third-order valence-corrected chi connectivity index (χ3v) is 7.76. The summed E-state index contributed by atoms with van der Waals surface area (Å²) >= 11 is 12.5. The number of benzene rings is 1. The maximum absolute atomic E-state index is 6.40. The number of nitrogens with one attached hydrogen (secondary N) is 2. The number of rotatable bonds is 7. The number of ether oxygens (including phenoxy) is 1. The first-order chi connectivity index (χ1) is 17.1. The van der Waals surface area contributed by atoms with Gasteiger partial charge in [0.15, 0.2) is 0 Å². The highest BCUT2D eigenvalue weighted by atomic mass is 35.5. The molecule has 1 atom stereocenters. The highest BCUT2D eigenvalue weighted by Crippen LogP contribution is 2.26. The van der Waals surface area contributed by atoms with Gasteiger partial charge in [0.2, 0.25) is 5.95 Å². The summed E-state index contributed by atoms with van der Waals surface area (Å²) in [5, 5.41) is 8.27. The normalized spacial score (nSPS) is 21.7. The smallest absolute Gasteiger partial charge is 0.227 e. The van der Waals surface area contributed by atoms with E-state index >= 15 is 0 Å². The Morgan fingerprint density at radius 2 is 1.97 bits per heavy atom. The Kier molecular flexibility index (Phi) is 8.27. The molecule has 0 spiro atoms. The van der Waals surface area contributed by atoms with E-state index in [0.29, 0.717) is 22.7 Å². The maximum Gasteiger partial charge on any atom is 0.227 e. The molecule has 2 fully saturated rings. The van der Waals surface area contributed by atoms with Crippen molar-refractivity contribution in [2.24, 2.45) is 0 Å². The zero-order valence-electron chi connectivity index (χ0n) is 20.4. The van der Waals surface area contributed by atoms with Crippen molar-refractivity contribution < 1.29 is 4.74 Å². The summed E-state index contributed by atoms with van der Waals surface area (Å²) in [5.74, 6) is 1.71.